The van der Waals surface area contributed by atoms with Gasteiger partial charge in [0.2, 0.25) is 0 Å². The molecule has 0 unspecified atom stereocenters. The molecule has 0 fully saturated rings. The molecule has 0 atom stereocenters. The fourth-order valence-electron chi connectivity index (χ4n) is 1.61. The SMILES string of the molecule is [C-]#[N+]c1ccc(Cc2ccc([N+]#[C-])cc2)cc1. The highest BCUT2D eigenvalue weighted by atomic mass is 14.6. The second-order valence-corrected chi connectivity index (χ2v) is 3.73. The van der Waals surface area contributed by atoms with E-state index in [9.17, 15) is 0 Å². The third kappa shape index (κ3) is 2.71. The summed E-state index contributed by atoms with van der Waals surface area (Å²) in [6.45, 7) is 13.8. The molecule has 0 saturated heterocycles. The Morgan fingerprint density at radius 1 is 0.647 bits per heavy atom. The van der Waals surface area contributed by atoms with Gasteiger partial charge in [0.1, 0.15) is 0 Å². The Hall–Kier alpha value is -2.58. The molecule has 80 valence electrons. The highest BCUT2D eigenvalue weighted by Gasteiger charge is 1.97. The molecule has 0 aliphatic rings. The number of benzene rings is 2. The summed E-state index contributed by atoms with van der Waals surface area (Å²) >= 11 is 0. The Morgan fingerprint density at radius 3 is 1.29 bits per heavy atom. The molecular weight excluding hydrogens is 208 g/mol. The molecule has 0 heterocycles. The van der Waals surface area contributed by atoms with E-state index in [1.165, 1.54) is 11.1 Å². The lowest BCUT2D eigenvalue weighted by Gasteiger charge is -2.02. The lowest BCUT2D eigenvalue weighted by molar-refractivity contribution is 1.20. The first-order valence-corrected chi connectivity index (χ1v) is 5.24. The van der Waals surface area contributed by atoms with Crippen molar-refractivity contribution in [3.63, 3.8) is 0 Å². The van der Waals surface area contributed by atoms with Crippen molar-refractivity contribution in [2.75, 3.05) is 0 Å². The normalized spacial score (nSPS) is 9.29. The zero-order valence-electron chi connectivity index (χ0n) is 9.22. The Bertz CT molecular complexity index is 525. The maximum atomic E-state index is 6.88. The van der Waals surface area contributed by atoms with Crippen LogP contribution in [0.4, 0.5) is 11.4 Å². The van der Waals surface area contributed by atoms with E-state index >= 15 is 0 Å². The summed E-state index contributed by atoms with van der Waals surface area (Å²) in [6, 6.07) is 15.2. The van der Waals surface area contributed by atoms with E-state index in [4.69, 9.17) is 13.1 Å². The molecule has 0 aromatic heterocycles. The minimum Gasteiger partial charge on any atom is -0.238 e. The van der Waals surface area contributed by atoms with Gasteiger partial charge in [-0.15, -0.1) is 0 Å². The molecule has 2 heteroatoms. The molecule has 0 amide bonds. The summed E-state index contributed by atoms with van der Waals surface area (Å²) in [4.78, 5) is 6.72. The summed E-state index contributed by atoms with van der Waals surface area (Å²) in [6.07, 6.45) is 0.830. The predicted octanol–water partition coefficient (Wildman–Crippen LogP) is 4.38. The first-order chi connectivity index (χ1) is 8.31. The highest BCUT2D eigenvalue weighted by molar-refractivity contribution is 5.48. The first kappa shape index (κ1) is 10.9. The third-order valence-electron chi connectivity index (χ3n) is 2.54. The second kappa shape index (κ2) is 4.96. The molecule has 2 rings (SSSR count). The van der Waals surface area contributed by atoms with Crippen LogP contribution in [0.3, 0.4) is 0 Å². The molecule has 0 aliphatic heterocycles. The largest absolute Gasteiger partial charge is 0.238 e. The van der Waals surface area contributed by atoms with Crippen molar-refractivity contribution in [1.82, 2.24) is 0 Å². The number of hydrogen-bond acceptors (Lipinski definition) is 0. The van der Waals surface area contributed by atoms with Crippen LogP contribution in [0.1, 0.15) is 11.1 Å². The van der Waals surface area contributed by atoms with Crippen molar-refractivity contribution in [2.45, 2.75) is 6.42 Å². The molecule has 2 nitrogen and oxygen atoms in total. The van der Waals surface area contributed by atoms with Crippen LogP contribution in [0, 0.1) is 13.1 Å². The molecule has 0 radical (unpaired) electrons. The van der Waals surface area contributed by atoms with E-state index in [0.29, 0.717) is 11.4 Å². The van der Waals surface area contributed by atoms with Gasteiger partial charge in [-0.1, -0.05) is 48.5 Å². The maximum absolute atomic E-state index is 6.88. The van der Waals surface area contributed by atoms with Gasteiger partial charge in [0.25, 0.3) is 0 Å². The molecular formula is C15H10N2. The average molecular weight is 218 g/mol. The van der Waals surface area contributed by atoms with E-state index < -0.39 is 0 Å². The lowest BCUT2D eigenvalue weighted by Crippen LogP contribution is -1.86. The molecule has 0 saturated carbocycles. The van der Waals surface area contributed by atoms with Gasteiger partial charge < -0.3 is 0 Å². The first-order valence-electron chi connectivity index (χ1n) is 5.24. The van der Waals surface area contributed by atoms with Gasteiger partial charge in [-0.05, 0) is 17.5 Å². The van der Waals surface area contributed by atoms with Crippen molar-refractivity contribution < 1.29 is 0 Å². The Balaban J connectivity index is 2.14. The molecule has 0 N–H and O–H groups in total. The molecule has 0 aliphatic carbocycles. The number of hydrogen-bond donors (Lipinski definition) is 0. The molecule has 2 aromatic carbocycles. The van der Waals surface area contributed by atoms with Crippen LogP contribution in [0.5, 0.6) is 0 Å². The van der Waals surface area contributed by atoms with E-state index in [-0.39, 0.29) is 0 Å². The van der Waals surface area contributed by atoms with Gasteiger partial charge in [-0.25, -0.2) is 9.69 Å². The minimum atomic E-state index is 0.664. The van der Waals surface area contributed by atoms with Gasteiger partial charge >= 0.3 is 0 Å². The topological polar surface area (TPSA) is 8.72 Å². The van der Waals surface area contributed by atoms with E-state index in [2.05, 4.69) is 9.69 Å². The van der Waals surface area contributed by atoms with Crippen molar-refractivity contribution in [1.29, 1.82) is 0 Å². The lowest BCUT2D eigenvalue weighted by atomic mass is 10.0. The Kier molecular flexibility index (Phi) is 3.19. The fourth-order valence-corrected chi connectivity index (χ4v) is 1.61. The average Bonchev–Trinajstić information content (AvgIpc) is 2.40. The van der Waals surface area contributed by atoms with E-state index in [1.807, 2.05) is 48.5 Å². The monoisotopic (exact) mass is 218 g/mol. The van der Waals surface area contributed by atoms with Gasteiger partial charge in [-0.2, -0.15) is 0 Å². The van der Waals surface area contributed by atoms with Crippen LogP contribution in [0.2, 0.25) is 0 Å². The zero-order chi connectivity index (χ0) is 12.1. The molecule has 2 aromatic rings. The third-order valence-corrected chi connectivity index (χ3v) is 2.54. The summed E-state index contributed by atoms with van der Waals surface area (Å²) in [5.41, 5.74) is 3.68. The molecule has 0 bridgehead atoms. The molecule has 0 spiro atoms. The van der Waals surface area contributed by atoms with Crippen molar-refractivity contribution in [2.24, 2.45) is 0 Å². The van der Waals surface area contributed by atoms with Gasteiger partial charge in [-0.3, -0.25) is 0 Å². The van der Waals surface area contributed by atoms with Gasteiger partial charge in [0, 0.05) is 0 Å². The Labute approximate surface area is 101 Å². The maximum Gasteiger partial charge on any atom is 0.187 e. The van der Waals surface area contributed by atoms with Gasteiger partial charge in [0.05, 0.1) is 13.1 Å². The van der Waals surface area contributed by atoms with Crippen molar-refractivity contribution in [3.05, 3.63) is 82.5 Å². The minimum absolute atomic E-state index is 0.664. The van der Waals surface area contributed by atoms with Crippen LogP contribution in [-0.2, 0) is 6.42 Å². The quantitative estimate of drug-likeness (QED) is 0.661. The van der Waals surface area contributed by atoms with Crippen LogP contribution >= 0.6 is 0 Å². The summed E-state index contributed by atoms with van der Waals surface area (Å²) in [5, 5.41) is 0. The van der Waals surface area contributed by atoms with E-state index in [0.717, 1.165) is 6.42 Å². The van der Waals surface area contributed by atoms with Crippen LogP contribution in [0.25, 0.3) is 9.69 Å². The van der Waals surface area contributed by atoms with Crippen molar-refractivity contribution in [3.8, 4) is 0 Å². The fraction of sp³-hybridized carbons (Fsp3) is 0.0667. The van der Waals surface area contributed by atoms with Crippen molar-refractivity contribution >= 4 is 11.4 Å². The standard InChI is InChI=1S/C15H10N2/c1-16-14-7-3-12(4-8-14)11-13-5-9-15(17-2)10-6-13/h3-10H,11H2. The summed E-state index contributed by atoms with van der Waals surface area (Å²) < 4.78 is 0. The number of rotatable bonds is 2. The second-order valence-electron chi connectivity index (χ2n) is 3.73. The number of nitrogens with zero attached hydrogens (tertiary/aromatic N) is 2. The predicted molar refractivity (Wildman–Crippen MR) is 68.2 cm³/mol. The zero-order valence-corrected chi connectivity index (χ0v) is 9.22. The smallest absolute Gasteiger partial charge is 0.187 e. The summed E-state index contributed by atoms with van der Waals surface area (Å²) in [7, 11) is 0. The van der Waals surface area contributed by atoms with Crippen LogP contribution < -0.4 is 0 Å². The van der Waals surface area contributed by atoms with Crippen LogP contribution in [0.15, 0.2) is 48.5 Å². The Morgan fingerprint density at radius 2 is 1.00 bits per heavy atom. The molecule has 17 heavy (non-hydrogen) atoms. The summed E-state index contributed by atoms with van der Waals surface area (Å²) in [5.74, 6) is 0. The van der Waals surface area contributed by atoms with E-state index in [1.54, 1.807) is 0 Å². The highest BCUT2D eigenvalue weighted by Crippen LogP contribution is 2.18. The van der Waals surface area contributed by atoms with Crippen LogP contribution in [-0.4, -0.2) is 0 Å². The van der Waals surface area contributed by atoms with Gasteiger partial charge in [0.15, 0.2) is 11.4 Å².